The van der Waals surface area contributed by atoms with E-state index in [1.165, 1.54) is 0 Å². The van der Waals surface area contributed by atoms with Crippen LogP contribution in [0.2, 0.25) is 0 Å². The Hall–Kier alpha value is -0.860. The van der Waals surface area contributed by atoms with Crippen LogP contribution < -0.4 is 0 Å². The summed E-state index contributed by atoms with van der Waals surface area (Å²) < 4.78 is 5.02. The van der Waals surface area contributed by atoms with Crippen LogP contribution in [0.3, 0.4) is 0 Å². The molecule has 12 heavy (non-hydrogen) atoms. The average molecular weight is 169 g/mol. The number of esters is 1. The van der Waals surface area contributed by atoms with Crippen LogP contribution in [0.5, 0.6) is 0 Å². The van der Waals surface area contributed by atoms with E-state index in [1.54, 1.807) is 0 Å². The molecule has 1 aliphatic heterocycles. The Morgan fingerprint density at radius 2 is 1.92 bits per heavy atom. The van der Waals surface area contributed by atoms with Crippen LogP contribution in [0.15, 0.2) is 4.99 Å². The molecule has 0 fully saturated rings. The number of cyclic esters (lactones) is 1. The van der Waals surface area contributed by atoms with Crippen LogP contribution in [0.4, 0.5) is 0 Å². The molecule has 0 amide bonds. The topological polar surface area (TPSA) is 38.7 Å². The number of rotatable bonds is 3. The number of carbonyl (C=O) groups excluding carboxylic acids is 1. The van der Waals surface area contributed by atoms with Crippen LogP contribution in [-0.2, 0) is 9.53 Å². The summed E-state index contributed by atoms with van der Waals surface area (Å²) in [4.78, 5) is 15.7. The minimum atomic E-state index is -0.564. The molecule has 1 rings (SSSR count). The Kier molecular flexibility index (Phi) is 2.50. The van der Waals surface area contributed by atoms with Gasteiger partial charge >= 0.3 is 5.97 Å². The summed E-state index contributed by atoms with van der Waals surface area (Å²) in [6.07, 6.45) is 2.16. The molecule has 0 unspecified atom stereocenters. The van der Waals surface area contributed by atoms with Gasteiger partial charge in [0.2, 0.25) is 0 Å². The number of nitrogens with zero attached hydrogens (tertiary/aromatic N) is 1. The summed E-state index contributed by atoms with van der Waals surface area (Å²) in [5.74, 6) is 0.410. The molecule has 0 aliphatic carbocycles. The van der Waals surface area contributed by atoms with Crippen molar-refractivity contribution in [1.29, 1.82) is 0 Å². The zero-order valence-corrected chi connectivity index (χ0v) is 7.89. The largest absolute Gasteiger partial charge is 0.410 e. The Labute approximate surface area is 72.8 Å². The van der Waals surface area contributed by atoms with Crippen LogP contribution >= 0.6 is 0 Å². The van der Waals surface area contributed by atoms with Crippen LogP contribution in [-0.4, -0.2) is 17.4 Å². The predicted octanol–water partition coefficient (Wildman–Crippen LogP) is 1.91. The minimum absolute atomic E-state index is 0.177. The van der Waals surface area contributed by atoms with Crippen molar-refractivity contribution in [3.8, 4) is 0 Å². The standard InChI is InChI=1S/C9H15NO2/c1-4-7-10-9(5-2,6-3)8(11)12-7/h4-6H2,1-3H3. The summed E-state index contributed by atoms with van der Waals surface area (Å²) in [5, 5.41) is 0. The molecule has 0 aromatic carbocycles. The zero-order chi connectivity index (χ0) is 9.19. The van der Waals surface area contributed by atoms with E-state index in [4.69, 9.17) is 4.74 Å². The molecule has 0 radical (unpaired) electrons. The van der Waals surface area contributed by atoms with Gasteiger partial charge in [-0.25, -0.2) is 9.79 Å². The highest BCUT2D eigenvalue weighted by molar-refractivity contribution is 5.99. The molecular formula is C9H15NO2. The van der Waals surface area contributed by atoms with Crippen LogP contribution in [0, 0.1) is 0 Å². The summed E-state index contributed by atoms with van der Waals surface area (Å²) >= 11 is 0. The van der Waals surface area contributed by atoms with Gasteiger partial charge in [-0.15, -0.1) is 0 Å². The van der Waals surface area contributed by atoms with Gasteiger partial charge in [-0.1, -0.05) is 20.8 Å². The van der Waals surface area contributed by atoms with E-state index in [0.717, 1.165) is 12.8 Å². The predicted molar refractivity (Wildman–Crippen MR) is 47.1 cm³/mol. The molecule has 68 valence electrons. The Morgan fingerprint density at radius 1 is 1.33 bits per heavy atom. The smallest absolute Gasteiger partial charge is 0.340 e. The highest BCUT2D eigenvalue weighted by Gasteiger charge is 2.42. The van der Waals surface area contributed by atoms with E-state index < -0.39 is 5.54 Å². The van der Waals surface area contributed by atoms with Crippen molar-refractivity contribution in [2.24, 2.45) is 4.99 Å². The molecule has 0 aromatic heterocycles. The van der Waals surface area contributed by atoms with E-state index in [9.17, 15) is 4.79 Å². The monoisotopic (exact) mass is 169 g/mol. The fourth-order valence-electron chi connectivity index (χ4n) is 1.36. The molecule has 3 nitrogen and oxygen atoms in total. The third kappa shape index (κ3) is 1.24. The minimum Gasteiger partial charge on any atom is -0.410 e. The second-order valence-corrected chi connectivity index (χ2v) is 2.99. The summed E-state index contributed by atoms with van der Waals surface area (Å²) in [6.45, 7) is 5.87. The van der Waals surface area contributed by atoms with Gasteiger partial charge in [-0.3, -0.25) is 0 Å². The van der Waals surface area contributed by atoms with Gasteiger partial charge in [0.15, 0.2) is 11.4 Å². The summed E-state index contributed by atoms with van der Waals surface area (Å²) in [5.41, 5.74) is -0.564. The lowest BCUT2D eigenvalue weighted by Gasteiger charge is -2.16. The number of ether oxygens (including phenoxy) is 1. The third-order valence-corrected chi connectivity index (χ3v) is 2.40. The number of carbonyl (C=O) groups is 1. The summed E-state index contributed by atoms with van der Waals surface area (Å²) in [6, 6.07) is 0. The van der Waals surface area contributed by atoms with Crippen molar-refractivity contribution in [1.82, 2.24) is 0 Å². The van der Waals surface area contributed by atoms with E-state index in [0.29, 0.717) is 12.3 Å². The Morgan fingerprint density at radius 3 is 2.17 bits per heavy atom. The van der Waals surface area contributed by atoms with Crippen molar-refractivity contribution >= 4 is 11.9 Å². The van der Waals surface area contributed by atoms with Gasteiger partial charge in [-0.05, 0) is 12.8 Å². The normalized spacial score (nSPS) is 20.6. The van der Waals surface area contributed by atoms with Crippen LogP contribution in [0.1, 0.15) is 40.0 Å². The first-order valence-electron chi connectivity index (χ1n) is 4.49. The molecule has 0 saturated carbocycles. The fraction of sp³-hybridized carbons (Fsp3) is 0.778. The number of hydrogen-bond donors (Lipinski definition) is 0. The first kappa shape index (κ1) is 9.23. The highest BCUT2D eigenvalue weighted by atomic mass is 16.6. The molecule has 0 saturated heterocycles. The molecule has 0 atom stereocenters. The van der Waals surface area contributed by atoms with Gasteiger partial charge in [0, 0.05) is 6.42 Å². The summed E-state index contributed by atoms with van der Waals surface area (Å²) in [7, 11) is 0. The van der Waals surface area contributed by atoms with Crippen molar-refractivity contribution < 1.29 is 9.53 Å². The highest BCUT2D eigenvalue weighted by Crippen LogP contribution is 2.28. The van der Waals surface area contributed by atoms with E-state index >= 15 is 0 Å². The number of hydrogen-bond acceptors (Lipinski definition) is 3. The first-order valence-corrected chi connectivity index (χ1v) is 4.49. The zero-order valence-electron chi connectivity index (χ0n) is 7.89. The van der Waals surface area contributed by atoms with Gasteiger partial charge < -0.3 is 4.74 Å². The fourth-order valence-corrected chi connectivity index (χ4v) is 1.36. The Balaban J connectivity index is 2.89. The molecule has 0 bridgehead atoms. The molecule has 1 aliphatic rings. The van der Waals surface area contributed by atoms with Gasteiger partial charge in [0.25, 0.3) is 0 Å². The Bertz CT molecular complexity index is 217. The van der Waals surface area contributed by atoms with Gasteiger partial charge in [0.1, 0.15) is 0 Å². The van der Waals surface area contributed by atoms with E-state index in [1.807, 2.05) is 20.8 Å². The molecule has 1 heterocycles. The SMILES string of the molecule is CCC1=NC(CC)(CC)C(=O)O1. The van der Waals surface area contributed by atoms with Crippen molar-refractivity contribution in [2.75, 3.05) is 0 Å². The maximum Gasteiger partial charge on any atom is 0.340 e. The lowest BCUT2D eigenvalue weighted by molar-refractivity contribution is -0.139. The van der Waals surface area contributed by atoms with Gasteiger partial charge in [-0.2, -0.15) is 0 Å². The second kappa shape index (κ2) is 3.25. The average Bonchev–Trinajstić information content (AvgIpc) is 2.43. The maximum atomic E-state index is 11.4. The van der Waals surface area contributed by atoms with Crippen molar-refractivity contribution in [3.63, 3.8) is 0 Å². The second-order valence-electron chi connectivity index (χ2n) is 2.99. The van der Waals surface area contributed by atoms with Gasteiger partial charge in [0.05, 0.1) is 0 Å². The van der Waals surface area contributed by atoms with Crippen molar-refractivity contribution in [3.05, 3.63) is 0 Å². The van der Waals surface area contributed by atoms with Crippen molar-refractivity contribution in [2.45, 2.75) is 45.6 Å². The molecule has 0 N–H and O–H groups in total. The molecule has 0 aromatic rings. The first-order chi connectivity index (χ1) is 5.68. The molecular weight excluding hydrogens is 154 g/mol. The third-order valence-electron chi connectivity index (χ3n) is 2.40. The maximum absolute atomic E-state index is 11.4. The number of aliphatic imine (C=N–C) groups is 1. The van der Waals surface area contributed by atoms with E-state index in [-0.39, 0.29) is 5.97 Å². The quantitative estimate of drug-likeness (QED) is 0.605. The van der Waals surface area contributed by atoms with Crippen LogP contribution in [0.25, 0.3) is 0 Å². The lowest BCUT2D eigenvalue weighted by Crippen LogP contribution is -2.31. The van der Waals surface area contributed by atoms with E-state index in [2.05, 4.69) is 4.99 Å². The molecule has 0 spiro atoms. The molecule has 3 heteroatoms. The lowest BCUT2D eigenvalue weighted by atomic mass is 9.95.